The molecule has 0 radical (unpaired) electrons. The lowest BCUT2D eigenvalue weighted by Gasteiger charge is -2.10. The molecule has 0 heteroatoms. The molecule has 1 aliphatic carbocycles. The smallest absolute Gasteiger partial charge is 0.0243 e. The maximum absolute atomic E-state index is 2.42. The molecule has 0 nitrogen and oxygen atoms in total. The predicted octanol–water partition coefficient (Wildman–Crippen LogP) is 3.47. The van der Waals surface area contributed by atoms with Crippen molar-refractivity contribution in [2.24, 2.45) is 17.3 Å². The Morgan fingerprint density at radius 1 is 1.10 bits per heavy atom. The van der Waals surface area contributed by atoms with Crippen LogP contribution in [0.3, 0.4) is 0 Å². The molecule has 0 N–H and O–H groups in total. The van der Waals surface area contributed by atoms with Gasteiger partial charge in [-0.2, -0.15) is 0 Å². The Labute approximate surface area is 65.0 Å². The molecule has 0 bridgehead atoms. The fourth-order valence-electron chi connectivity index (χ4n) is 2.98. The third-order valence-corrected chi connectivity index (χ3v) is 3.90. The molecule has 1 fully saturated rings. The van der Waals surface area contributed by atoms with Crippen LogP contribution in [-0.2, 0) is 0 Å². The lowest BCUT2D eigenvalue weighted by Crippen LogP contribution is -2.00. The molecule has 1 rings (SSSR count). The molecule has 0 aliphatic heterocycles. The van der Waals surface area contributed by atoms with Gasteiger partial charge in [0.2, 0.25) is 0 Å². The second kappa shape index (κ2) is 2.56. The fraction of sp³-hybridized carbons (Fsp3) is 1.00. The van der Waals surface area contributed by atoms with Crippen molar-refractivity contribution in [2.75, 3.05) is 0 Å². The van der Waals surface area contributed by atoms with Crippen molar-refractivity contribution < 1.29 is 0 Å². The zero-order valence-electron chi connectivity index (χ0n) is 7.78. The van der Waals surface area contributed by atoms with Crippen LogP contribution < -0.4 is 0 Å². The van der Waals surface area contributed by atoms with Gasteiger partial charge in [-0.3, -0.25) is 0 Å². The zero-order chi connectivity index (χ0) is 7.78. The fourth-order valence-corrected chi connectivity index (χ4v) is 2.98. The van der Waals surface area contributed by atoms with Gasteiger partial charge in [0.05, 0.1) is 0 Å². The Morgan fingerprint density at radius 2 is 1.60 bits per heavy atom. The molecule has 0 amide bonds. The molecule has 0 aromatic rings. The van der Waals surface area contributed by atoms with Gasteiger partial charge >= 0.3 is 0 Å². The molecule has 2 atom stereocenters. The molecule has 0 spiro atoms. The van der Waals surface area contributed by atoms with Crippen molar-refractivity contribution in [3.8, 4) is 0 Å². The van der Waals surface area contributed by atoms with Gasteiger partial charge in [0.1, 0.15) is 0 Å². The Kier molecular flexibility index (Phi) is 2.07. The molecule has 0 aromatic heterocycles. The molecule has 1 aliphatic rings. The summed E-state index contributed by atoms with van der Waals surface area (Å²) in [4.78, 5) is 0. The first-order chi connectivity index (χ1) is 4.72. The van der Waals surface area contributed by atoms with Crippen molar-refractivity contribution in [1.82, 2.24) is 0 Å². The van der Waals surface area contributed by atoms with E-state index in [9.17, 15) is 0 Å². The summed E-state index contributed by atoms with van der Waals surface area (Å²) in [6.45, 7) is 9.43. The minimum Gasteiger partial charge on any atom is -0.0651 e. The Bertz CT molecular complexity index is 111. The molecule has 10 heavy (non-hydrogen) atoms. The zero-order valence-corrected chi connectivity index (χ0v) is 7.78. The molecular weight excluding hydrogens is 120 g/mol. The first-order valence-electron chi connectivity index (χ1n) is 4.72. The molecule has 2 unspecified atom stereocenters. The highest BCUT2D eigenvalue weighted by Gasteiger charge is 2.57. The maximum atomic E-state index is 2.42. The number of hydrogen-bond donors (Lipinski definition) is 0. The van der Waals surface area contributed by atoms with Gasteiger partial charge in [-0.15, -0.1) is 0 Å². The lowest BCUT2D eigenvalue weighted by atomic mass is 9.95. The summed E-state index contributed by atoms with van der Waals surface area (Å²) in [7, 11) is 0. The van der Waals surface area contributed by atoms with Gasteiger partial charge < -0.3 is 0 Å². The van der Waals surface area contributed by atoms with E-state index in [2.05, 4.69) is 27.7 Å². The van der Waals surface area contributed by atoms with Crippen LogP contribution in [0.4, 0.5) is 0 Å². The van der Waals surface area contributed by atoms with Crippen LogP contribution in [0, 0.1) is 17.3 Å². The van der Waals surface area contributed by atoms with Crippen LogP contribution in [0.2, 0.25) is 0 Å². The van der Waals surface area contributed by atoms with E-state index in [1.54, 1.807) is 0 Å². The summed E-state index contributed by atoms with van der Waals surface area (Å²) < 4.78 is 0. The highest BCUT2D eigenvalue weighted by Crippen LogP contribution is 2.64. The summed E-state index contributed by atoms with van der Waals surface area (Å²) in [5.74, 6) is 2.05. The van der Waals surface area contributed by atoms with E-state index in [1.165, 1.54) is 19.3 Å². The summed E-state index contributed by atoms with van der Waals surface area (Å²) in [6, 6.07) is 0. The van der Waals surface area contributed by atoms with Crippen molar-refractivity contribution in [3.05, 3.63) is 0 Å². The first-order valence-corrected chi connectivity index (χ1v) is 4.72. The molecule has 1 saturated carbocycles. The summed E-state index contributed by atoms with van der Waals surface area (Å²) in [5, 5.41) is 0. The van der Waals surface area contributed by atoms with Crippen LogP contribution in [0.5, 0.6) is 0 Å². The standard InChI is InChI=1S/C10H20/c1-5-9-8(4)10(9,6-2)7-3/h8-9H,5-7H2,1-4H3. The highest BCUT2D eigenvalue weighted by molar-refractivity contribution is 5.05. The normalized spacial score (nSPS) is 36.0. The van der Waals surface area contributed by atoms with Crippen molar-refractivity contribution in [3.63, 3.8) is 0 Å². The van der Waals surface area contributed by atoms with Gasteiger partial charge in [-0.25, -0.2) is 0 Å². The van der Waals surface area contributed by atoms with E-state index < -0.39 is 0 Å². The second-order valence-electron chi connectivity index (χ2n) is 3.74. The number of hydrogen-bond acceptors (Lipinski definition) is 0. The summed E-state index contributed by atoms with van der Waals surface area (Å²) in [6.07, 6.45) is 4.18. The van der Waals surface area contributed by atoms with E-state index in [1.807, 2.05) is 0 Å². The molecule has 0 heterocycles. The molecule has 0 aromatic carbocycles. The average Bonchev–Trinajstić information content (AvgIpc) is 2.56. The van der Waals surface area contributed by atoms with Crippen LogP contribution >= 0.6 is 0 Å². The monoisotopic (exact) mass is 140 g/mol. The van der Waals surface area contributed by atoms with E-state index in [-0.39, 0.29) is 0 Å². The first kappa shape index (κ1) is 8.10. The molecular formula is C10H20. The molecule has 60 valence electrons. The van der Waals surface area contributed by atoms with Crippen LogP contribution in [0.25, 0.3) is 0 Å². The Balaban J connectivity index is 2.54. The predicted molar refractivity (Wildman–Crippen MR) is 46.0 cm³/mol. The molecule has 0 saturated heterocycles. The van der Waals surface area contributed by atoms with Gasteiger partial charge in [-0.1, -0.05) is 34.1 Å². The lowest BCUT2D eigenvalue weighted by molar-refractivity contribution is 0.400. The summed E-state index contributed by atoms with van der Waals surface area (Å²) >= 11 is 0. The minimum atomic E-state index is 0.759. The van der Waals surface area contributed by atoms with Crippen molar-refractivity contribution in [1.29, 1.82) is 0 Å². The van der Waals surface area contributed by atoms with Crippen molar-refractivity contribution >= 4 is 0 Å². The van der Waals surface area contributed by atoms with E-state index in [0.717, 1.165) is 17.3 Å². The van der Waals surface area contributed by atoms with Gasteiger partial charge in [0, 0.05) is 0 Å². The van der Waals surface area contributed by atoms with E-state index in [0.29, 0.717) is 0 Å². The Morgan fingerprint density at radius 3 is 1.70 bits per heavy atom. The van der Waals surface area contributed by atoms with Crippen LogP contribution in [0.15, 0.2) is 0 Å². The summed E-state index contributed by atoms with van der Waals surface area (Å²) in [5.41, 5.74) is 0.759. The third kappa shape index (κ3) is 0.810. The van der Waals surface area contributed by atoms with Gasteiger partial charge in [0.15, 0.2) is 0 Å². The third-order valence-electron chi connectivity index (χ3n) is 3.90. The Hall–Kier alpha value is 0. The minimum absolute atomic E-state index is 0.759. The maximum Gasteiger partial charge on any atom is -0.0243 e. The topological polar surface area (TPSA) is 0 Å². The van der Waals surface area contributed by atoms with E-state index in [4.69, 9.17) is 0 Å². The number of rotatable bonds is 3. The highest BCUT2D eigenvalue weighted by atomic mass is 14.6. The van der Waals surface area contributed by atoms with Crippen LogP contribution in [-0.4, -0.2) is 0 Å². The SMILES string of the molecule is CCC1C(C)C1(CC)CC. The van der Waals surface area contributed by atoms with Gasteiger partial charge in [0.25, 0.3) is 0 Å². The van der Waals surface area contributed by atoms with Crippen LogP contribution in [0.1, 0.15) is 47.0 Å². The van der Waals surface area contributed by atoms with Gasteiger partial charge in [-0.05, 0) is 30.1 Å². The quantitative estimate of drug-likeness (QED) is 0.563. The average molecular weight is 140 g/mol. The van der Waals surface area contributed by atoms with E-state index >= 15 is 0 Å². The van der Waals surface area contributed by atoms with Crippen molar-refractivity contribution in [2.45, 2.75) is 47.0 Å². The second-order valence-corrected chi connectivity index (χ2v) is 3.74. The largest absolute Gasteiger partial charge is 0.0651 e.